The molecule has 2 aromatic rings. The Morgan fingerprint density at radius 2 is 1.61 bits per heavy atom. The molecule has 7 heteroatoms. The van der Waals surface area contributed by atoms with Gasteiger partial charge in [-0.3, -0.25) is 15.6 Å². The number of ether oxygens (including phenoxy) is 2. The normalized spacial score (nSPS) is 10.3. The molecule has 0 fully saturated rings. The lowest BCUT2D eigenvalue weighted by Crippen LogP contribution is -2.43. The molecule has 0 atom stereocenters. The number of amides is 1. The van der Waals surface area contributed by atoms with Gasteiger partial charge in [-0.1, -0.05) is 26.0 Å². The molecule has 0 radical (unpaired) electrons. The fraction of sp³-hybridized carbons (Fsp3) is 0.333. The molecular weight excluding hydrogens is 374 g/mol. The number of nitrogens with one attached hydrogen (secondary N) is 3. The maximum absolute atomic E-state index is 12.1. The first-order chi connectivity index (χ1) is 13.4. The Balaban J connectivity index is 1.78. The lowest BCUT2D eigenvalue weighted by Gasteiger charge is -2.13. The van der Waals surface area contributed by atoms with E-state index < -0.39 is 0 Å². The van der Waals surface area contributed by atoms with Crippen molar-refractivity contribution < 1.29 is 14.3 Å². The highest BCUT2D eigenvalue weighted by Gasteiger charge is 2.07. The Bertz CT molecular complexity index is 785. The van der Waals surface area contributed by atoms with Crippen molar-refractivity contribution >= 4 is 28.9 Å². The number of hydrogen-bond acceptors (Lipinski definition) is 4. The van der Waals surface area contributed by atoms with Crippen LogP contribution in [0.15, 0.2) is 42.5 Å². The van der Waals surface area contributed by atoms with Crippen LogP contribution in [0.3, 0.4) is 0 Å². The van der Waals surface area contributed by atoms with Gasteiger partial charge in [-0.25, -0.2) is 0 Å². The molecule has 28 heavy (non-hydrogen) atoms. The first-order valence-corrected chi connectivity index (χ1v) is 9.50. The van der Waals surface area contributed by atoms with Gasteiger partial charge >= 0.3 is 0 Å². The Kier molecular flexibility index (Phi) is 8.07. The van der Waals surface area contributed by atoms with E-state index in [-0.39, 0.29) is 5.91 Å². The Morgan fingerprint density at radius 1 is 1.00 bits per heavy atom. The third-order valence-corrected chi connectivity index (χ3v) is 4.41. The van der Waals surface area contributed by atoms with Gasteiger partial charge in [0.15, 0.2) is 5.11 Å². The molecule has 0 spiro atoms. The lowest BCUT2D eigenvalue weighted by molar-refractivity contribution is -0.121. The van der Waals surface area contributed by atoms with Crippen LogP contribution in [0.5, 0.6) is 11.5 Å². The quantitative estimate of drug-likeness (QED) is 0.485. The Labute approximate surface area is 171 Å². The van der Waals surface area contributed by atoms with Gasteiger partial charge in [-0.2, -0.15) is 0 Å². The second kappa shape index (κ2) is 10.5. The van der Waals surface area contributed by atoms with E-state index in [1.165, 1.54) is 5.56 Å². The summed E-state index contributed by atoms with van der Waals surface area (Å²) in [5.41, 5.74) is 8.40. The van der Waals surface area contributed by atoms with Crippen molar-refractivity contribution in [2.45, 2.75) is 32.6 Å². The number of methoxy groups -OCH3 is 2. The highest BCUT2D eigenvalue weighted by atomic mass is 32.1. The third kappa shape index (κ3) is 6.74. The molecule has 0 aliphatic rings. The number of aryl methyl sites for hydroxylation is 1. The molecule has 0 saturated carbocycles. The molecule has 3 N–H and O–H groups in total. The van der Waals surface area contributed by atoms with Gasteiger partial charge in [0.1, 0.15) is 11.5 Å². The number of benzene rings is 2. The van der Waals surface area contributed by atoms with Crippen LogP contribution in [-0.2, 0) is 11.2 Å². The number of hydrazine groups is 1. The van der Waals surface area contributed by atoms with Gasteiger partial charge in [0.2, 0.25) is 5.91 Å². The molecule has 0 aliphatic heterocycles. The fourth-order valence-corrected chi connectivity index (χ4v) is 2.74. The van der Waals surface area contributed by atoms with Crippen LogP contribution >= 0.6 is 12.2 Å². The third-order valence-electron chi connectivity index (χ3n) is 4.20. The minimum Gasteiger partial charge on any atom is -0.497 e. The van der Waals surface area contributed by atoms with Crippen molar-refractivity contribution in [2.75, 3.05) is 19.5 Å². The van der Waals surface area contributed by atoms with Crippen molar-refractivity contribution in [1.29, 1.82) is 0 Å². The van der Waals surface area contributed by atoms with Crippen molar-refractivity contribution in [3.63, 3.8) is 0 Å². The minimum atomic E-state index is -0.166. The maximum atomic E-state index is 12.1. The average molecular weight is 402 g/mol. The lowest BCUT2D eigenvalue weighted by atomic mass is 10.0. The van der Waals surface area contributed by atoms with Crippen LogP contribution in [0.1, 0.15) is 37.3 Å². The van der Waals surface area contributed by atoms with E-state index in [2.05, 4.69) is 42.1 Å². The fourth-order valence-electron chi connectivity index (χ4n) is 2.57. The number of carbonyl (C=O) groups is 1. The van der Waals surface area contributed by atoms with Gasteiger partial charge in [0.05, 0.1) is 14.2 Å². The van der Waals surface area contributed by atoms with Crippen LogP contribution in [0, 0.1) is 0 Å². The van der Waals surface area contributed by atoms with Crippen LogP contribution in [0.4, 0.5) is 5.69 Å². The van der Waals surface area contributed by atoms with E-state index in [4.69, 9.17) is 21.7 Å². The summed E-state index contributed by atoms with van der Waals surface area (Å²) in [5.74, 6) is 1.70. The van der Waals surface area contributed by atoms with Gasteiger partial charge in [-0.05, 0) is 59.9 Å². The molecule has 0 unspecified atom stereocenters. The Morgan fingerprint density at radius 3 is 2.14 bits per heavy atom. The highest BCUT2D eigenvalue weighted by Crippen LogP contribution is 2.23. The minimum absolute atomic E-state index is 0.166. The highest BCUT2D eigenvalue weighted by molar-refractivity contribution is 7.80. The van der Waals surface area contributed by atoms with E-state index in [9.17, 15) is 4.79 Å². The summed E-state index contributed by atoms with van der Waals surface area (Å²) in [4.78, 5) is 12.1. The summed E-state index contributed by atoms with van der Waals surface area (Å²) in [5, 5.41) is 3.37. The zero-order chi connectivity index (χ0) is 20.5. The first kappa shape index (κ1) is 21.5. The summed E-state index contributed by atoms with van der Waals surface area (Å²) in [7, 11) is 3.19. The molecule has 0 saturated heterocycles. The van der Waals surface area contributed by atoms with Gasteiger partial charge in [0, 0.05) is 18.2 Å². The second-order valence-corrected chi connectivity index (χ2v) is 7.03. The predicted octanol–water partition coefficient (Wildman–Crippen LogP) is 3.78. The van der Waals surface area contributed by atoms with Crippen LogP contribution in [0.25, 0.3) is 0 Å². The topological polar surface area (TPSA) is 71.6 Å². The molecule has 0 bridgehead atoms. The van der Waals surface area contributed by atoms with E-state index >= 15 is 0 Å². The van der Waals surface area contributed by atoms with Crippen LogP contribution < -0.4 is 25.6 Å². The van der Waals surface area contributed by atoms with E-state index in [1.54, 1.807) is 20.3 Å². The molecular formula is C21H27N3O3S. The zero-order valence-corrected chi connectivity index (χ0v) is 17.5. The molecule has 0 aliphatic carbocycles. The second-order valence-electron chi connectivity index (χ2n) is 6.62. The molecule has 6 nitrogen and oxygen atoms in total. The van der Waals surface area contributed by atoms with Crippen molar-refractivity contribution in [2.24, 2.45) is 0 Å². The number of thiocarbonyl (C=S) groups is 1. The van der Waals surface area contributed by atoms with Crippen molar-refractivity contribution in [1.82, 2.24) is 10.9 Å². The number of rotatable bonds is 7. The molecule has 1 amide bonds. The van der Waals surface area contributed by atoms with Gasteiger partial charge < -0.3 is 14.8 Å². The monoisotopic (exact) mass is 401 g/mol. The van der Waals surface area contributed by atoms with Gasteiger partial charge in [-0.15, -0.1) is 0 Å². The molecule has 2 rings (SSSR count). The molecule has 0 aromatic heterocycles. The largest absolute Gasteiger partial charge is 0.497 e. The molecule has 150 valence electrons. The maximum Gasteiger partial charge on any atom is 0.238 e. The summed E-state index contributed by atoms with van der Waals surface area (Å²) in [6.07, 6.45) is 0.854. The zero-order valence-electron chi connectivity index (χ0n) is 16.7. The summed E-state index contributed by atoms with van der Waals surface area (Å²) >= 11 is 5.21. The van der Waals surface area contributed by atoms with Crippen molar-refractivity contribution in [3.05, 3.63) is 53.6 Å². The summed E-state index contributed by atoms with van der Waals surface area (Å²) in [6.45, 7) is 4.29. The van der Waals surface area contributed by atoms with Gasteiger partial charge in [0.25, 0.3) is 0 Å². The average Bonchev–Trinajstić information content (AvgIpc) is 2.70. The van der Waals surface area contributed by atoms with E-state index in [1.807, 2.05) is 24.3 Å². The SMILES string of the molecule is COc1cc(CCC(=O)NNC(=S)Nc2ccc(C(C)C)cc2)cc(OC)c1. The molecule has 2 aromatic carbocycles. The number of anilines is 1. The van der Waals surface area contributed by atoms with Crippen LogP contribution in [0.2, 0.25) is 0 Å². The number of carbonyl (C=O) groups excluding carboxylic acids is 1. The first-order valence-electron chi connectivity index (χ1n) is 9.09. The van der Waals surface area contributed by atoms with Crippen molar-refractivity contribution in [3.8, 4) is 11.5 Å². The molecule has 0 heterocycles. The number of hydrogen-bond donors (Lipinski definition) is 3. The predicted molar refractivity (Wildman–Crippen MR) is 116 cm³/mol. The van der Waals surface area contributed by atoms with E-state index in [0.717, 1.165) is 11.3 Å². The summed E-state index contributed by atoms with van der Waals surface area (Å²) < 4.78 is 10.5. The van der Waals surface area contributed by atoms with Crippen LogP contribution in [-0.4, -0.2) is 25.2 Å². The Hall–Kier alpha value is -2.80. The standard InChI is InChI=1S/C21H27N3O3S/c1-14(2)16-6-8-17(9-7-16)22-21(28)24-23-20(25)10-5-15-11-18(26-3)13-19(12-15)27-4/h6-9,11-14H,5,10H2,1-4H3,(H,23,25)(H2,22,24,28). The van der Waals surface area contributed by atoms with E-state index in [0.29, 0.717) is 35.4 Å². The summed E-state index contributed by atoms with van der Waals surface area (Å²) in [6, 6.07) is 13.6. The smallest absolute Gasteiger partial charge is 0.238 e.